The van der Waals surface area contributed by atoms with Gasteiger partial charge in [0.1, 0.15) is 0 Å². The average molecular weight is 295 g/mol. The summed E-state index contributed by atoms with van der Waals surface area (Å²) in [5.41, 5.74) is 0.916. The van der Waals surface area contributed by atoms with Crippen LogP contribution in [-0.4, -0.2) is 26.6 Å². The number of terminal acetylenes is 1. The topological polar surface area (TPSA) is 18.5 Å². The van der Waals surface area contributed by atoms with Gasteiger partial charge in [0.05, 0.1) is 0 Å². The minimum absolute atomic E-state index is 0.873. The molecule has 0 aliphatic rings. The van der Waals surface area contributed by atoms with Crippen LogP contribution in [0.4, 0.5) is 0 Å². The third kappa shape index (κ3) is 4.92. The number of hydrogen-bond donors (Lipinski definition) is 0. The lowest BCUT2D eigenvalue weighted by Crippen LogP contribution is -2.47. The molecule has 0 saturated heterocycles. The maximum absolute atomic E-state index is 6.10. The van der Waals surface area contributed by atoms with Gasteiger partial charge < -0.3 is 8.23 Å². The molecule has 0 saturated carbocycles. The first kappa shape index (κ1) is 15.4. The molecule has 0 spiro atoms. The standard InChI is InChI=1S/C13H22O2Si3/c1-7-12-8-10-13(11-9-12)18(5,6)15-16-14-17(2,3)4/h1,8-11H,16H2,2-6H3. The highest BCUT2D eigenvalue weighted by atomic mass is 28.4. The second kappa shape index (κ2) is 6.00. The Balaban J connectivity index is 2.65. The zero-order chi connectivity index (χ0) is 13.8. The van der Waals surface area contributed by atoms with Gasteiger partial charge in [-0.1, -0.05) is 18.1 Å². The van der Waals surface area contributed by atoms with Crippen molar-refractivity contribution in [1.29, 1.82) is 0 Å². The molecule has 1 aromatic rings. The summed E-state index contributed by atoms with van der Waals surface area (Å²) in [4.78, 5) is 0. The lowest BCUT2D eigenvalue weighted by Gasteiger charge is -2.26. The molecule has 0 N–H and O–H groups in total. The Morgan fingerprint density at radius 2 is 1.56 bits per heavy atom. The van der Waals surface area contributed by atoms with E-state index in [4.69, 9.17) is 14.7 Å². The highest BCUT2D eigenvalue weighted by Crippen LogP contribution is 2.08. The van der Waals surface area contributed by atoms with Crippen molar-refractivity contribution in [3.05, 3.63) is 29.8 Å². The lowest BCUT2D eigenvalue weighted by molar-refractivity contribution is 0.460. The normalized spacial score (nSPS) is 12.9. The molecule has 1 aromatic carbocycles. The van der Waals surface area contributed by atoms with E-state index in [0.717, 1.165) is 5.56 Å². The van der Waals surface area contributed by atoms with Crippen molar-refractivity contribution in [1.82, 2.24) is 0 Å². The summed E-state index contributed by atoms with van der Waals surface area (Å²) < 4.78 is 12.0. The first-order valence-corrected chi connectivity index (χ1v) is 13.6. The van der Waals surface area contributed by atoms with Crippen molar-refractivity contribution in [3.63, 3.8) is 0 Å². The largest absolute Gasteiger partial charge is 0.441 e. The van der Waals surface area contributed by atoms with E-state index < -0.39 is 26.6 Å². The minimum Gasteiger partial charge on any atom is -0.441 e. The van der Waals surface area contributed by atoms with Crippen LogP contribution < -0.4 is 5.19 Å². The van der Waals surface area contributed by atoms with Crippen molar-refractivity contribution in [2.24, 2.45) is 0 Å². The van der Waals surface area contributed by atoms with Gasteiger partial charge in [-0.15, -0.1) is 6.42 Å². The second-order valence-corrected chi connectivity index (χ2v) is 16.1. The van der Waals surface area contributed by atoms with Gasteiger partial charge in [0.15, 0.2) is 8.32 Å². The van der Waals surface area contributed by atoms with Gasteiger partial charge in [0.25, 0.3) is 10.0 Å². The average Bonchev–Trinajstić information content (AvgIpc) is 2.27. The quantitative estimate of drug-likeness (QED) is 0.610. The Bertz CT molecular complexity index is 427. The number of rotatable bonds is 5. The van der Waals surface area contributed by atoms with Crippen molar-refractivity contribution < 1.29 is 8.23 Å². The predicted octanol–water partition coefficient (Wildman–Crippen LogP) is 1.95. The van der Waals surface area contributed by atoms with Gasteiger partial charge in [-0.05, 0) is 50.1 Å². The summed E-state index contributed by atoms with van der Waals surface area (Å²) in [6.07, 6.45) is 5.36. The molecule has 2 nitrogen and oxygen atoms in total. The molecule has 0 heterocycles. The van der Waals surface area contributed by atoms with Gasteiger partial charge in [-0.3, -0.25) is 0 Å². The highest BCUT2D eigenvalue weighted by molar-refractivity contribution is 6.87. The number of benzene rings is 1. The first-order chi connectivity index (χ1) is 8.24. The third-order valence-electron chi connectivity index (χ3n) is 2.66. The molecule has 18 heavy (non-hydrogen) atoms. The molecule has 0 unspecified atom stereocenters. The molecular weight excluding hydrogens is 272 g/mol. The summed E-state index contributed by atoms with van der Waals surface area (Å²) in [6, 6.07) is 8.14. The molecule has 0 bridgehead atoms. The van der Waals surface area contributed by atoms with E-state index in [1.807, 2.05) is 12.1 Å². The molecular formula is C13H22O2Si3. The van der Waals surface area contributed by atoms with Crippen LogP contribution in [-0.2, 0) is 8.23 Å². The molecule has 0 radical (unpaired) electrons. The van der Waals surface area contributed by atoms with E-state index in [1.54, 1.807) is 0 Å². The highest BCUT2D eigenvalue weighted by Gasteiger charge is 2.26. The van der Waals surface area contributed by atoms with E-state index in [2.05, 4.69) is 50.8 Å². The van der Waals surface area contributed by atoms with Crippen LogP contribution in [0.3, 0.4) is 0 Å². The van der Waals surface area contributed by atoms with Crippen molar-refractivity contribution in [2.75, 3.05) is 0 Å². The van der Waals surface area contributed by atoms with E-state index in [1.165, 1.54) is 5.19 Å². The van der Waals surface area contributed by atoms with Crippen molar-refractivity contribution >= 4 is 31.8 Å². The molecule has 0 amide bonds. The molecule has 5 heteroatoms. The van der Waals surface area contributed by atoms with Crippen LogP contribution in [0.1, 0.15) is 5.56 Å². The fourth-order valence-electron chi connectivity index (χ4n) is 1.40. The first-order valence-electron chi connectivity index (χ1n) is 6.10. The van der Waals surface area contributed by atoms with Crippen LogP contribution >= 0.6 is 0 Å². The van der Waals surface area contributed by atoms with Crippen molar-refractivity contribution in [2.45, 2.75) is 32.7 Å². The van der Waals surface area contributed by atoms with E-state index in [9.17, 15) is 0 Å². The molecule has 0 aromatic heterocycles. The molecule has 0 atom stereocenters. The van der Waals surface area contributed by atoms with Crippen LogP contribution in [0.5, 0.6) is 0 Å². The summed E-state index contributed by atoms with van der Waals surface area (Å²) >= 11 is 0. The van der Waals surface area contributed by atoms with Gasteiger partial charge in [0.2, 0.25) is 8.32 Å². The monoisotopic (exact) mass is 294 g/mol. The van der Waals surface area contributed by atoms with Crippen LogP contribution in [0, 0.1) is 12.3 Å². The van der Waals surface area contributed by atoms with E-state index >= 15 is 0 Å². The molecule has 0 aliphatic carbocycles. The Morgan fingerprint density at radius 1 is 1.00 bits per heavy atom. The summed E-state index contributed by atoms with van der Waals surface area (Å²) in [5.74, 6) is 2.63. The number of hydrogen-bond acceptors (Lipinski definition) is 2. The maximum atomic E-state index is 6.10. The molecule has 98 valence electrons. The van der Waals surface area contributed by atoms with Crippen LogP contribution in [0.15, 0.2) is 24.3 Å². The van der Waals surface area contributed by atoms with E-state index in [0.29, 0.717) is 0 Å². The zero-order valence-corrected chi connectivity index (χ0v) is 15.3. The molecule has 1 rings (SSSR count). The summed E-state index contributed by atoms with van der Waals surface area (Å²) in [7, 11) is -4.14. The Kier molecular flexibility index (Phi) is 5.13. The van der Waals surface area contributed by atoms with Crippen LogP contribution in [0.2, 0.25) is 32.7 Å². The van der Waals surface area contributed by atoms with Crippen molar-refractivity contribution in [3.8, 4) is 12.3 Å². The van der Waals surface area contributed by atoms with E-state index in [-0.39, 0.29) is 0 Å². The lowest BCUT2D eigenvalue weighted by atomic mass is 10.2. The molecule has 0 aliphatic heterocycles. The zero-order valence-electron chi connectivity index (χ0n) is 11.9. The Labute approximate surface area is 115 Å². The van der Waals surface area contributed by atoms with Gasteiger partial charge in [0, 0.05) is 5.56 Å². The summed E-state index contributed by atoms with van der Waals surface area (Å²) in [6.45, 7) is 11.0. The van der Waals surface area contributed by atoms with Gasteiger partial charge >= 0.3 is 0 Å². The second-order valence-electron chi connectivity index (χ2n) is 5.75. The molecule has 0 fully saturated rings. The maximum Gasteiger partial charge on any atom is 0.284 e. The third-order valence-corrected chi connectivity index (χ3v) is 11.7. The fraction of sp³-hybridized carbons (Fsp3) is 0.385. The SMILES string of the molecule is C#Cc1ccc([Si](C)(C)O[SiH2]O[Si](C)(C)C)cc1. The summed E-state index contributed by atoms with van der Waals surface area (Å²) in [5, 5.41) is 1.27. The Hall–Kier alpha value is -0.649. The predicted molar refractivity (Wildman–Crippen MR) is 85.6 cm³/mol. The Morgan fingerprint density at radius 3 is 2.00 bits per heavy atom. The fourth-order valence-corrected chi connectivity index (χ4v) is 6.40. The van der Waals surface area contributed by atoms with Gasteiger partial charge in [-0.25, -0.2) is 0 Å². The minimum atomic E-state index is -1.82. The van der Waals surface area contributed by atoms with Gasteiger partial charge in [-0.2, -0.15) is 0 Å². The smallest absolute Gasteiger partial charge is 0.284 e. The van der Waals surface area contributed by atoms with Crippen LogP contribution in [0.25, 0.3) is 0 Å².